The number of benzene rings is 1. The predicted molar refractivity (Wildman–Crippen MR) is 66.1 cm³/mol. The van der Waals surface area contributed by atoms with Crippen LogP contribution in [0.1, 0.15) is 5.56 Å². The normalized spacial score (nSPS) is 16.9. The fourth-order valence-electron chi connectivity index (χ4n) is 2.02. The highest BCUT2D eigenvalue weighted by molar-refractivity contribution is 5.82. The molecule has 0 aromatic heterocycles. The van der Waals surface area contributed by atoms with E-state index < -0.39 is 0 Å². The maximum Gasteiger partial charge on any atom is 0.151 e. The topological polar surface area (TPSA) is 52.6 Å². The molecule has 0 aliphatic carbocycles. The van der Waals surface area contributed by atoms with Gasteiger partial charge in [0.25, 0.3) is 0 Å². The Morgan fingerprint density at radius 1 is 1.24 bits per heavy atom. The summed E-state index contributed by atoms with van der Waals surface area (Å²) < 4.78 is 0. The van der Waals surface area contributed by atoms with Gasteiger partial charge < -0.3 is 10.4 Å². The van der Waals surface area contributed by atoms with Crippen LogP contribution in [-0.4, -0.2) is 48.5 Å². The predicted octanol–water partition coefficient (Wildman–Crippen LogP) is 0.409. The molecule has 0 amide bonds. The quantitative estimate of drug-likeness (QED) is 0.792. The molecule has 0 bridgehead atoms. The summed E-state index contributed by atoms with van der Waals surface area (Å²) in [5.41, 5.74) is 0.961. The number of ketones is 1. The first-order valence-corrected chi connectivity index (χ1v) is 5.97. The van der Waals surface area contributed by atoms with Gasteiger partial charge in [0.05, 0.1) is 6.54 Å². The molecule has 0 saturated carbocycles. The Balaban J connectivity index is 1.82. The molecule has 0 unspecified atom stereocenters. The lowest BCUT2D eigenvalue weighted by Crippen LogP contribution is -2.45. The number of rotatable bonds is 4. The largest absolute Gasteiger partial charge is 0.508 e. The smallest absolute Gasteiger partial charge is 0.151 e. The lowest BCUT2D eigenvalue weighted by atomic mass is 10.1. The zero-order valence-corrected chi connectivity index (χ0v) is 9.85. The molecule has 0 spiro atoms. The summed E-state index contributed by atoms with van der Waals surface area (Å²) in [6.07, 6.45) is 0.449. The highest BCUT2D eigenvalue weighted by Gasteiger charge is 2.13. The second-order valence-corrected chi connectivity index (χ2v) is 4.41. The Morgan fingerprint density at radius 2 is 1.88 bits per heavy atom. The zero-order chi connectivity index (χ0) is 12.1. The molecule has 92 valence electrons. The fraction of sp³-hybridized carbons (Fsp3) is 0.462. The monoisotopic (exact) mass is 234 g/mol. The summed E-state index contributed by atoms with van der Waals surface area (Å²) in [5, 5.41) is 12.4. The van der Waals surface area contributed by atoms with Crippen LogP contribution in [0.2, 0.25) is 0 Å². The minimum absolute atomic E-state index is 0.234. The van der Waals surface area contributed by atoms with E-state index >= 15 is 0 Å². The van der Waals surface area contributed by atoms with E-state index in [0.29, 0.717) is 13.0 Å². The standard InChI is InChI=1S/C13H18N2O2/c16-12-3-1-11(2-4-12)9-13(17)10-15-7-5-14-6-8-15/h1-4,14,16H,5-10H2. The van der Waals surface area contributed by atoms with E-state index in [9.17, 15) is 4.79 Å². The molecule has 1 aromatic rings. The number of hydrogen-bond acceptors (Lipinski definition) is 4. The zero-order valence-electron chi connectivity index (χ0n) is 9.85. The van der Waals surface area contributed by atoms with E-state index in [1.54, 1.807) is 24.3 Å². The van der Waals surface area contributed by atoms with Crippen LogP contribution in [0, 0.1) is 0 Å². The Bertz CT molecular complexity index is 370. The molecule has 1 heterocycles. The van der Waals surface area contributed by atoms with Crippen LogP contribution in [0.4, 0.5) is 0 Å². The van der Waals surface area contributed by atoms with Gasteiger partial charge in [0, 0.05) is 32.6 Å². The average Bonchev–Trinajstić information content (AvgIpc) is 2.33. The minimum atomic E-state index is 0.234. The number of carbonyl (C=O) groups is 1. The number of hydrogen-bond donors (Lipinski definition) is 2. The van der Waals surface area contributed by atoms with Gasteiger partial charge in [-0.3, -0.25) is 9.69 Å². The summed E-state index contributed by atoms with van der Waals surface area (Å²) in [7, 11) is 0. The van der Waals surface area contributed by atoms with E-state index in [-0.39, 0.29) is 11.5 Å². The number of phenols is 1. The minimum Gasteiger partial charge on any atom is -0.508 e. The molecule has 0 radical (unpaired) electrons. The molecule has 1 aromatic carbocycles. The Kier molecular flexibility index (Phi) is 4.12. The van der Waals surface area contributed by atoms with E-state index in [1.165, 1.54) is 0 Å². The molecular weight excluding hydrogens is 216 g/mol. The molecule has 2 rings (SSSR count). The van der Waals surface area contributed by atoms with Crippen molar-refractivity contribution in [2.24, 2.45) is 0 Å². The van der Waals surface area contributed by atoms with Gasteiger partial charge in [-0.25, -0.2) is 0 Å². The Hall–Kier alpha value is -1.39. The van der Waals surface area contributed by atoms with Crippen molar-refractivity contribution in [1.29, 1.82) is 0 Å². The highest BCUT2D eigenvalue weighted by Crippen LogP contribution is 2.10. The SMILES string of the molecule is O=C(Cc1ccc(O)cc1)CN1CCNCC1. The molecular formula is C13H18N2O2. The molecule has 1 fully saturated rings. The summed E-state index contributed by atoms with van der Waals surface area (Å²) in [4.78, 5) is 14.0. The number of phenolic OH excluding ortho intramolecular Hbond substituents is 1. The number of nitrogens with zero attached hydrogens (tertiary/aromatic N) is 1. The van der Waals surface area contributed by atoms with E-state index in [4.69, 9.17) is 5.11 Å². The molecule has 4 heteroatoms. The van der Waals surface area contributed by atoms with Crippen LogP contribution in [0.15, 0.2) is 24.3 Å². The first-order chi connectivity index (χ1) is 8.24. The van der Waals surface area contributed by atoms with Gasteiger partial charge in [0.15, 0.2) is 5.78 Å². The van der Waals surface area contributed by atoms with Crippen molar-refractivity contribution >= 4 is 5.78 Å². The van der Waals surface area contributed by atoms with Gasteiger partial charge in [-0.2, -0.15) is 0 Å². The van der Waals surface area contributed by atoms with Gasteiger partial charge in [-0.05, 0) is 17.7 Å². The van der Waals surface area contributed by atoms with Crippen LogP contribution in [0.3, 0.4) is 0 Å². The van der Waals surface area contributed by atoms with E-state index in [1.807, 2.05) is 0 Å². The molecule has 4 nitrogen and oxygen atoms in total. The highest BCUT2D eigenvalue weighted by atomic mass is 16.3. The van der Waals surface area contributed by atoms with Crippen molar-refractivity contribution in [2.75, 3.05) is 32.7 Å². The van der Waals surface area contributed by atoms with Gasteiger partial charge in [0.2, 0.25) is 0 Å². The second-order valence-electron chi connectivity index (χ2n) is 4.41. The average molecular weight is 234 g/mol. The summed E-state index contributed by atoms with van der Waals surface area (Å²) in [6, 6.07) is 6.83. The number of Topliss-reactive ketones (excluding diaryl/α,β-unsaturated/α-hetero) is 1. The summed E-state index contributed by atoms with van der Waals surface area (Å²) >= 11 is 0. The molecule has 2 N–H and O–H groups in total. The summed E-state index contributed by atoms with van der Waals surface area (Å²) in [5.74, 6) is 0.473. The van der Waals surface area contributed by atoms with Gasteiger partial charge in [-0.15, -0.1) is 0 Å². The number of carbonyl (C=O) groups excluding carboxylic acids is 1. The number of nitrogens with one attached hydrogen (secondary N) is 1. The third kappa shape index (κ3) is 3.84. The third-order valence-electron chi connectivity index (χ3n) is 2.95. The molecule has 17 heavy (non-hydrogen) atoms. The first kappa shape index (κ1) is 12.1. The molecule has 0 atom stereocenters. The van der Waals surface area contributed by atoms with Crippen molar-refractivity contribution in [2.45, 2.75) is 6.42 Å². The van der Waals surface area contributed by atoms with Crippen molar-refractivity contribution < 1.29 is 9.90 Å². The number of piperazine rings is 1. The van der Waals surface area contributed by atoms with Gasteiger partial charge in [0.1, 0.15) is 5.75 Å². The summed E-state index contributed by atoms with van der Waals surface area (Å²) in [6.45, 7) is 4.35. The van der Waals surface area contributed by atoms with Gasteiger partial charge in [-0.1, -0.05) is 12.1 Å². The van der Waals surface area contributed by atoms with Crippen LogP contribution < -0.4 is 5.32 Å². The maximum atomic E-state index is 11.8. The van der Waals surface area contributed by atoms with Crippen LogP contribution >= 0.6 is 0 Å². The third-order valence-corrected chi connectivity index (χ3v) is 2.95. The first-order valence-electron chi connectivity index (χ1n) is 5.97. The Morgan fingerprint density at radius 3 is 2.53 bits per heavy atom. The van der Waals surface area contributed by atoms with Gasteiger partial charge >= 0.3 is 0 Å². The molecule has 1 saturated heterocycles. The van der Waals surface area contributed by atoms with Crippen molar-refractivity contribution in [3.05, 3.63) is 29.8 Å². The van der Waals surface area contributed by atoms with Crippen LogP contribution in [0.25, 0.3) is 0 Å². The lowest BCUT2D eigenvalue weighted by molar-refractivity contribution is -0.119. The van der Waals surface area contributed by atoms with Crippen LogP contribution in [0.5, 0.6) is 5.75 Å². The van der Waals surface area contributed by atoms with Crippen molar-refractivity contribution in [1.82, 2.24) is 10.2 Å². The van der Waals surface area contributed by atoms with Crippen molar-refractivity contribution in [3.8, 4) is 5.75 Å². The van der Waals surface area contributed by atoms with Crippen LogP contribution in [-0.2, 0) is 11.2 Å². The van der Waals surface area contributed by atoms with E-state index in [0.717, 1.165) is 31.7 Å². The lowest BCUT2D eigenvalue weighted by Gasteiger charge is -2.26. The Labute approximate surface area is 101 Å². The molecule has 1 aliphatic heterocycles. The maximum absolute atomic E-state index is 11.8. The van der Waals surface area contributed by atoms with Crippen molar-refractivity contribution in [3.63, 3.8) is 0 Å². The number of aromatic hydroxyl groups is 1. The fourth-order valence-corrected chi connectivity index (χ4v) is 2.02. The molecule has 1 aliphatic rings. The van der Waals surface area contributed by atoms with E-state index in [2.05, 4.69) is 10.2 Å². The second kappa shape index (κ2) is 5.80.